The maximum atomic E-state index is 12.5. The Hall–Kier alpha value is -3.54. The fourth-order valence-electron chi connectivity index (χ4n) is 2.68. The minimum absolute atomic E-state index is 0.130. The van der Waals surface area contributed by atoms with Crippen molar-refractivity contribution in [2.24, 2.45) is 0 Å². The smallest absolute Gasteiger partial charge is 0.274 e. The molecule has 3 aromatic rings. The van der Waals surface area contributed by atoms with E-state index in [1.807, 2.05) is 63.2 Å². The van der Waals surface area contributed by atoms with E-state index < -0.39 is 0 Å². The Morgan fingerprint density at radius 3 is 2.24 bits per heavy atom. The summed E-state index contributed by atoms with van der Waals surface area (Å²) in [5, 5.41) is 6.12. The first-order chi connectivity index (χ1) is 14.0. The lowest BCUT2D eigenvalue weighted by Crippen LogP contribution is -2.13. The van der Waals surface area contributed by atoms with Crippen LogP contribution in [0.25, 0.3) is 0 Å². The second-order valence-electron chi connectivity index (χ2n) is 6.66. The molecule has 0 unspecified atom stereocenters. The van der Waals surface area contributed by atoms with Crippen LogP contribution in [0.4, 0.5) is 17.1 Å². The first-order valence-corrected chi connectivity index (χ1v) is 9.57. The van der Waals surface area contributed by atoms with Crippen molar-refractivity contribution in [3.63, 3.8) is 0 Å². The number of carbonyl (C=O) groups excluding carboxylic acids is 1. The highest BCUT2D eigenvalue weighted by Gasteiger charge is 2.09. The lowest BCUT2D eigenvalue weighted by Gasteiger charge is -2.12. The van der Waals surface area contributed by atoms with Gasteiger partial charge < -0.3 is 20.1 Å². The predicted octanol–water partition coefficient (Wildman–Crippen LogP) is 5.26. The standard InChI is InChI=1S/C23H25N3O3/c1-4-28-20-9-5-18(6-10-20)26-23(27)22-15-19(13-14-24-22)25-17-7-11-21(12-8-17)29-16(2)3/h5-16H,4H2,1-3H3,(H,24,25)(H,26,27). The molecule has 0 spiro atoms. The highest BCUT2D eigenvalue weighted by atomic mass is 16.5. The summed E-state index contributed by atoms with van der Waals surface area (Å²) in [5.41, 5.74) is 2.67. The topological polar surface area (TPSA) is 72.5 Å². The van der Waals surface area contributed by atoms with Crippen molar-refractivity contribution in [3.05, 3.63) is 72.6 Å². The number of hydrogen-bond donors (Lipinski definition) is 2. The lowest BCUT2D eigenvalue weighted by molar-refractivity contribution is 0.102. The molecule has 0 saturated heterocycles. The molecule has 6 nitrogen and oxygen atoms in total. The van der Waals surface area contributed by atoms with Gasteiger partial charge in [0.15, 0.2) is 0 Å². The largest absolute Gasteiger partial charge is 0.494 e. The Labute approximate surface area is 170 Å². The van der Waals surface area contributed by atoms with Gasteiger partial charge >= 0.3 is 0 Å². The summed E-state index contributed by atoms with van der Waals surface area (Å²) < 4.78 is 11.1. The first-order valence-electron chi connectivity index (χ1n) is 9.57. The predicted molar refractivity (Wildman–Crippen MR) is 115 cm³/mol. The maximum absolute atomic E-state index is 12.5. The van der Waals surface area contributed by atoms with Crippen LogP contribution in [0.5, 0.6) is 11.5 Å². The van der Waals surface area contributed by atoms with Crippen molar-refractivity contribution in [2.75, 3.05) is 17.2 Å². The fraction of sp³-hybridized carbons (Fsp3) is 0.217. The number of ether oxygens (including phenoxy) is 2. The summed E-state index contributed by atoms with van der Waals surface area (Å²) in [4.78, 5) is 16.7. The number of benzene rings is 2. The summed E-state index contributed by atoms with van der Waals surface area (Å²) in [5.74, 6) is 1.30. The van der Waals surface area contributed by atoms with E-state index in [-0.39, 0.29) is 12.0 Å². The molecule has 0 aliphatic carbocycles. The van der Waals surface area contributed by atoms with Crippen molar-refractivity contribution in [1.82, 2.24) is 4.98 Å². The van der Waals surface area contributed by atoms with Crippen LogP contribution in [0, 0.1) is 0 Å². The van der Waals surface area contributed by atoms with Crippen LogP contribution >= 0.6 is 0 Å². The van der Waals surface area contributed by atoms with Crippen LogP contribution in [-0.2, 0) is 0 Å². The second kappa shape index (κ2) is 9.59. The molecule has 150 valence electrons. The van der Waals surface area contributed by atoms with Gasteiger partial charge in [0, 0.05) is 23.3 Å². The molecule has 2 N–H and O–H groups in total. The third kappa shape index (κ3) is 5.97. The van der Waals surface area contributed by atoms with Crippen LogP contribution in [0.15, 0.2) is 66.9 Å². The normalized spacial score (nSPS) is 10.5. The molecule has 3 rings (SSSR count). The van der Waals surface area contributed by atoms with Gasteiger partial charge in [-0.25, -0.2) is 0 Å². The average Bonchev–Trinajstić information content (AvgIpc) is 2.71. The molecule has 0 fully saturated rings. The van der Waals surface area contributed by atoms with E-state index in [4.69, 9.17) is 9.47 Å². The zero-order valence-electron chi connectivity index (χ0n) is 16.8. The van der Waals surface area contributed by atoms with Gasteiger partial charge in [-0.1, -0.05) is 0 Å². The molecule has 0 aliphatic rings. The Balaban J connectivity index is 1.64. The minimum Gasteiger partial charge on any atom is -0.494 e. The molecule has 1 heterocycles. The van der Waals surface area contributed by atoms with Crippen molar-refractivity contribution in [1.29, 1.82) is 0 Å². The van der Waals surface area contributed by atoms with E-state index in [9.17, 15) is 4.79 Å². The van der Waals surface area contributed by atoms with Crippen LogP contribution in [0.3, 0.4) is 0 Å². The van der Waals surface area contributed by atoms with Crippen LogP contribution in [0.2, 0.25) is 0 Å². The average molecular weight is 391 g/mol. The minimum atomic E-state index is -0.279. The van der Waals surface area contributed by atoms with Gasteiger partial charge in [-0.2, -0.15) is 0 Å². The molecular weight excluding hydrogens is 366 g/mol. The van der Waals surface area contributed by atoms with Gasteiger partial charge in [0.25, 0.3) is 5.91 Å². The van der Waals surface area contributed by atoms with Crippen LogP contribution in [-0.4, -0.2) is 23.6 Å². The highest BCUT2D eigenvalue weighted by molar-refractivity contribution is 6.03. The second-order valence-corrected chi connectivity index (χ2v) is 6.66. The van der Waals surface area contributed by atoms with Crippen molar-refractivity contribution < 1.29 is 14.3 Å². The molecule has 1 amide bonds. The number of amides is 1. The molecule has 0 radical (unpaired) electrons. The molecule has 0 atom stereocenters. The third-order valence-electron chi connectivity index (χ3n) is 3.93. The van der Waals surface area contributed by atoms with E-state index in [0.29, 0.717) is 18.0 Å². The number of carbonyl (C=O) groups is 1. The molecule has 0 saturated carbocycles. The van der Waals surface area contributed by atoms with Gasteiger partial charge in [-0.3, -0.25) is 9.78 Å². The number of nitrogens with zero attached hydrogens (tertiary/aromatic N) is 1. The van der Waals surface area contributed by atoms with Crippen molar-refractivity contribution in [2.45, 2.75) is 26.9 Å². The molecule has 6 heteroatoms. The van der Waals surface area contributed by atoms with E-state index in [2.05, 4.69) is 15.6 Å². The van der Waals surface area contributed by atoms with Crippen LogP contribution < -0.4 is 20.1 Å². The maximum Gasteiger partial charge on any atom is 0.274 e. The molecule has 29 heavy (non-hydrogen) atoms. The molecule has 0 bridgehead atoms. The Kier molecular flexibility index (Phi) is 6.68. The number of nitrogens with one attached hydrogen (secondary N) is 2. The quantitative estimate of drug-likeness (QED) is 0.548. The van der Waals surface area contributed by atoms with Gasteiger partial charge in [0.1, 0.15) is 17.2 Å². The molecule has 1 aromatic heterocycles. The summed E-state index contributed by atoms with van der Waals surface area (Å²) in [6.07, 6.45) is 1.73. The Bertz CT molecular complexity index is 938. The van der Waals surface area contributed by atoms with Crippen LogP contribution in [0.1, 0.15) is 31.3 Å². The summed E-state index contributed by atoms with van der Waals surface area (Å²) in [6.45, 7) is 6.51. The van der Waals surface area contributed by atoms with Crippen molar-refractivity contribution >= 4 is 23.0 Å². The first kappa shape index (κ1) is 20.2. The Morgan fingerprint density at radius 2 is 1.59 bits per heavy atom. The van der Waals surface area contributed by atoms with Crippen molar-refractivity contribution in [3.8, 4) is 11.5 Å². The van der Waals surface area contributed by atoms with Gasteiger partial charge in [-0.05, 0) is 81.4 Å². The number of rotatable bonds is 8. The molecular formula is C23H25N3O3. The Morgan fingerprint density at radius 1 is 0.931 bits per heavy atom. The van der Waals surface area contributed by atoms with E-state index >= 15 is 0 Å². The lowest BCUT2D eigenvalue weighted by atomic mass is 10.2. The van der Waals surface area contributed by atoms with E-state index in [1.165, 1.54) is 0 Å². The molecule has 0 aliphatic heterocycles. The highest BCUT2D eigenvalue weighted by Crippen LogP contribution is 2.21. The summed E-state index contributed by atoms with van der Waals surface area (Å²) >= 11 is 0. The third-order valence-corrected chi connectivity index (χ3v) is 3.93. The number of anilines is 3. The van der Waals surface area contributed by atoms with E-state index in [1.54, 1.807) is 24.4 Å². The number of pyridine rings is 1. The monoisotopic (exact) mass is 391 g/mol. The number of hydrogen-bond acceptors (Lipinski definition) is 5. The van der Waals surface area contributed by atoms with Gasteiger partial charge in [-0.15, -0.1) is 0 Å². The number of aromatic nitrogens is 1. The van der Waals surface area contributed by atoms with Gasteiger partial charge in [0.05, 0.1) is 12.7 Å². The summed E-state index contributed by atoms with van der Waals surface area (Å²) in [6, 6.07) is 18.4. The van der Waals surface area contributed by atoms with E-state index in [0.717, 1.165) is 22.9 Å². The summed E-state index contributed by atoms with van der Waals surface area (Å²) in [7, 11) is 0. The zero-order chi connectivity index (χ0) is 20.6. The molecule has 2 aromatic carbocycles. The van der Waals surface area contributed by atoms with Gasteiger partial charge in [0.2, 0.25) is 0 Å². The SMILES string of the molecule is CCOc1ccc(NC(=O)c2cc(Nc3ccc(OC(C)C)cc3)ccn2)cc1. The zero-order valence-corrected chi connectivity index (χ0v) is 16.8. The fourth-order valence-corrected chi connectivity index (χ4v) is 2.68.